The molecule has 0 saturated carbocycles. The van der Waals surface area contributed by atoms with Gasteiger partial charge >= 0.3 is 0 Å². The van der Waals surface area contributed by atoms with Crippen molar-refractivity contribution in [2.45, 2.75) is 32.1 Å². The Kier molecular flexibility index (Phi) is 4.94. The van der Waals surface area contributed by atoms with Crippen molar-refractivity contribution in [3.63, 3.8) is 0 Å². The first-order valence-electron chi connectivity index (χ1n) is 8.25. The van der Waals surface area contributed by atoms with E-state index < -0.39 is 10.0 Å². The van der Waals surface area contributed by atoms with Crippen LogP contribution in [0.1, 0.15) is 23.9 Å². The number of sulfonamides is 1. The third kappa shape index (κ3) is 3.85. The fourth-order valence-corrected chi connectivity index (χ4v) is 4.03. The predicted octanol–water partition coefficient (Wildman–Crippen LogP) is 3.53. The van der Waals surface area contributed by atoms with Crippen LogP contribution in [0.5, 0.6) is 0 Å². The average Bonchev–Trinajstić information content (AvgIpc) is 2.96. The van der Waals surface area contributed by atoms with Crippen molar-refractivity contribution >= 4 is 27.2 Å². The van der Waals surface area contributed by atoms with Gasteiger partial charge in [-0.05, 0) is 50.1 Å². The van der Waals surface area contributed by atoms with Crippen LogP contribution >= 0.6 is 0 Å². The Morgan fingerprint density at radius 2 is 1.73 bits per heavy atom. The van der Waals surface area contributed by atoms with E-state index >= 15 is 0 Å². The van der Waals surface area contributed by atoms with Gasteiger partial charge in [-0.2, -0.15) is 5.10 Å². The molecule has 2 aromatic heterocycles. The van der Waals surface area contributed by atoms with Crippen LogP contribution in [-0.2, 0) is 16.4 Å². The molecule has 0 unspecified atom stereocenters. The molecule has 136 valence electrons. The van der Waals surface area contributed by atoms with Gasteiger partial charge in [0.25, 0.3) is 10.0 Å². The van der Waals surface area contributed by atoms with Crippen LogP contribution in [0.4, 0.5) is 17.2 Å². The molecule has 0 fully saturated rings. The van der Waals surface area contributed by atoms with E-state index in [0.29, 0.717) is 11.4 Å². The van der Waals surface area contributed by atoms with Crippen LogP contribution in [0.3, 0.4) is 0 Å². The number of nitrogens with one attached hydrogen (secondary N) is 3. The first-order chi connectivity index (χ1) is 12.4. The van der Waals surface area contributed by atoms with Crippen molar-refractivity contribution in [2.24, 2.45) is 0 Å². The standard InChI is InChI=1S/C18H21N5O2S/c1-4-14-5-7-15(8-6-14)20-16-9-10-17(19-11-16)23-26(24,25)18-12(2)21-22-13(18)3/h5-11,20H,4H2,1-3H3,(H,19,23)(H,21,22). The number of aromatic nitrogens is 3. The summed E-state index contributed by atoms with van der Waals surface area (Å²) in [4.78, 5) is 4.33. The van der Waals surface area contributed by atoms with E-state index in [0.717, 1.165) is 17.8 Å². The molecule has 3 N–H and O–H groups in total. The Labute approximate surface area is 152 Å². The molecule has 3 rings (SSSR count). The maximum Gasteiger partial charge on any atom is 0.266 e. The normalized spacial score (nSPS) is 11.3. The topological polar surface area (TPSA) is 99.8 Å². The molecule has 0 saturated heterocycles. The van der Waals surface area contributed by atoms with Crippen molar-refractivity contribution in [3.05, 3.63) is 59.5 Å². The third-order valence-electron chi connectivity index (χ3n) is 3.98. The molecule has 2 heterocycles. The zero-order chi connectivity index (χ0) is 18.7. The fourth-order valence-electron chi connectivity index (χ4n) is 2.64. The molecule has 0 radical (unpaired) electrons. The second kappa shape index (κ2) is 7.17. The van der Waals surface area contributed by atoms with Gasteiger partial charge in [0.2, 0.25) is 0 Å². The maximum atomic E-state index is 12.5. The largest absolute Gasteiger partial charge is 0.354 e. The lowest BCUT2D eigenvalue weighted by molar-refractivity contribution is 0.600. The summed E-state index contributed by atoms with van der Waals surface area (Å²) in [5, 5.41) is 9.83. The SMILES string of the molecule is CCc1ccc(Nc2ccc(NS(=O)(=O)c3c(C)n[nH]c3C)nc2)cc1. The molecule has 7 nitrogen and oxygen atoms in total. The average molecular weight is 371 g/mol. The minimum atomic E-state index is -3.74. The molecule has 0 spiro atoms. The number of rotatable bonds is 6. The molecular formula is C18H21N5O2S. The van der Waals surface area contributed by atoms with Crippen LogP contribution in [-0.4, -0.2) is 23.6 Å². The quantitative estimate of drug-likeness (QED) is 0.615. The lowest BCUT2D eigenvalue weighted by Gasteiger charge is -2.10. The Morgan fingerprint density at radius 1 is 1.04 bits per heavy atom. The number of nitrogens with zero attached hydrogens (tertiary/aromatic N) is 2. The first-order valence-corrected chi connectivity index (χ1v) is 9.74. The number of benzene rings is 1. The fraction of sp³-hybridized carbons (Fsp3) is 0.222. The number of hydrogen-bond acceptors (Lipinski definition) is 5. The summed E-state index contributed by atoms with van der Waals surface area (Å²) in [5.41, 5.74) is 3.89. The molecule has 0 bridgehead atoms. The lowest BCUT2D eigenvalue weighted by Crippen LogP contribution is -2.15. The molecule has 8 heteroatoms. The maximum absolute atomic E-state index is 12.5. The van der Waals surface area contributed by atoms with Crippen LogP contribution < -0.4 is 10.0 Å². The summed E-state index contributed by atoms with van der Waals surface area (Å²) in [6.07, 6.45) is 2.58. The summed E-state index contributed by atoms with van der Waals surface area (Å²) in [5.74, 6) is 0.247. The highest BCUT2D eigenvalue weighted by atomic mass is 32.2. The summed E-state index contributed by atoms with van der Waals surface area (Å²) in [6.45, 7) is 5.42. The molecule has 0 amide bonds. The van der Waals surface area contributed by atoms with E-state index in [1.165, 1.54) is 5.56 Å². The van der Waals surface area contributed by atoms with Gasteiger partial charge < -0.3 is 5.32 Å². The Morgan fingerprint density at radius 3 is 2.27 bits per heavy atom. The number of aryl methyl sites for hydroxylation is 3. The van der Waals surface area contributed by atoms with E-state index in [4.69, 9.17) is 0 Å². The van der Waals surface area contributed by atoms with E-state index in [9.17, 15) is 8.42 Å². The van der Waals surface area contributed by atoms with E-state index in [2.05, 4.69) is 44.3 Å². The van der Waals surface area contributed by atoms with Crippen LogP contribution in [0.25, 0.3) is 0 Å². The van der Waals surface area contributed by atoms with Gasteiger partial charge in [0, 0.05) is 5.69 Å². The van der Waals surface area contributed by atoms with Gasteiger partial charge in [0.15, 0.2) is 0 Å². The second-order valence-corrected chi connectivity index (χ2v) is 7.60. The van der Waals surface area contributed by atoms with Gasteiger partial charge in [-0.15, -0.1) is 0 Å². The summed E-state index contributed by atoms with van der Waals surface area (Å²) >= 11 is 0. The molecule has 26 heavy (non-hydrogen) atoms. The number of H-pyrrole nitrogens is 1. The van der Waals surface area contributed by atoms with Gasteiger partial charge in [-0.25, -0.2) is 13.4 Å². The highest BCUT2D eigenvalue weighted by molar-refractivity contribution is 7.92. The molecular weight excluding hydrogens is 350 g/mol. The number of anilines is 3. The Hall–Kier alpha value is -2.87. The molecule has 0 aliphatic carbocycles. The minimum absolute atomic E-state index is 0.150. The minimum Gasteiger partial charge on any atom is -0.354 e. The number of hydrogen-bond donors (Lipinski definition) is 3. The summed E-state index contributed by atoms with van der Waals surface area (Å²) in [7, 11) is -3.74. The molecule has 1 aromatic carbocycles. The van der Waals surface area contributed by atoms with Gasteiger partial charge in [0.05, 0.1) is 23.3 Å². The Balaban J connectivity index is 1.73. The van der Waals surface area contributed by atoms with E-state index in [1.54, 1.807) is 32.2 Å². The molecule has 3 aromatic rings. The first kappa shape index (κ1) is 17.9. The molecule has 0 atom stereocenters. The van der Waals surface area contributed by atoms with Crippen molar-refractivity contribution in [1.29, 1.82) is 0 Å². The predicted molar refractivity (Wildman–Crippen MR) is 102 cm³/mol. The zero-order valence-electron chi connectivity index (χ0n) is 14.9. The number of aromatic amines is 1. The van der Waals surface area contributed by atoms with Gasteiger partial charge in [0.1, 0.15) is 10.7 Å². The Bertz CT molecular complexity index is 974. The van der Waals surface area contributed by atoms with Crippen molar-refractivity contribution in [2.75, 3.05) is 10.0 Å². The lowest BCUT2D eigenvalue weighted by atomic mass is 10.1. The highest BCUT2D eigenvalue weighted by Gasteiger charge is 2.22. The third-order valence-corrected chi connectivity index (χ3v) is 5.60. The summed E-state index contributed by atoms with van der Waals surface area (Å²) in [6, 6.07) is 11.5. The van der Waals surface area contributed by atoms with E-state index in [1.807, 2.05) is 12.1 Å². The smallest absolute Gasteiger partial charge is 0.266 e. The van der Waals surface area contributed by atoms with Crippen LogP contribution in [0.15, 0.2) is 47.5 Å². The van der Waals surface area contributed by atoms with Crippen LogP contribution in [0.2, 0.25) is 0 Å². The summed E-state index contributed by atoms with van der Waals surface area (Å²) < 4.78 is 27.5. The highest BCUT2D eigenvalue weighted by Crippen LogP contribution is 2.22. The second-order valence-electron chi connectivity index (χ2n) is 5.98. The van der Waals surface area contributed by atoms with Gasteiger partial charge in [-0.3, -0.25) is 9.82 Å². The zero-order valence-corrected chi connectivity index (χ0v) is 15.7. The number of pyridine rings is 1. The van der Waals surface area contributed by atoms with Gasteiger partial charge in [-0.1, -0.05) is 19.1 Å². The van der Waals surface area contributed by atoms with Crippen molar-refractivity contribution in [1.82, 2.24) is 15.2 Å². The van der Waals surface area contributed by atoms with Crippen LogP contribution in [0, 0.1) is 13.8 Å². The monoisotopic (exact) mass is 371 g/mol. The van der Waals surface area contributed by atoms with Crippen molar-refractivity contribution in [3.8, 4) is 0 Å². The van der Waals surface area contributed by atoms with E-state index in [-0.39, 0.29) is 10.7 Å². The molecule has 0 aliphatic rings. The van der Waals surface area contributed by atoms with Crippen molar-refractivity contribution < 1.29 is 8.42 Å². The molecule has 0 aliphatic heterocycles.